The quantitative estimate of drug-likeness (QED) is 0.593. The van der Waals surface area contributed by atoms with Crippen molar-refractivity contribution in [3.63, 3.8) is 0 Å². The van der Waals surface area contributed by atoms with Gasteiger partial charge in [-0.2, -0.15) is 0 Å². The molecule has 1 saturated heterocycles. The monoisotopic (exact) mass is 406 g/mol. The third-order valence-corrected chi connectivity index (χ3v) is 5.98. The van der Waals surface area contributed by atoms with Crippen LogP contribution in [0.4, 0.5) is 0 Å². The molecule has 29 heavy (non-hydrogen) atoms. The zero-order chi connectivity index (χ0) is 20.1. The molecule has 1 fully saturated rings. The minimum Gasteiger partial charge on any atom is -0.395 e. The van der Waals surface area contributed by atoms with Crippen molar-refractivity contribution in [3.05, 3.63) is 106 Å². The number of benzene rings is 3. The van der Waals surface area contributed by atoms with E-state index in [0.29, 0.717) is 12.6 Å². The average molecular weight is 407 g/mol. The highest BCUT2D eigenvalue weighted by Crippen LogP contribution is 2.33. The maximum absolute atomic E-state index is 9.40. The lowest BCUT2D eigenvalue weighted by Crippen LogP contribution is -2.46. The molecule has 2 N–H and O–H groups in total. The third-order valence-electron chi connectivity index (χ3n) is 5.73. The normalized spacial score (nSPS) is 18.5. The van der Waals surface area contributed by atoms with Crippen LogP contribution in [-0.4, -0.2) is 42.8 Å². The van der Waals surface area contributed by atoms with E-state index in [1.165, 1.54) is 22.3 Å². The van der Waals surface area contributed by atoms with Crippen molar-refractivity contribution in [2.45, 2.75) is 12.0 Å². The molecule has 0 bridgehead atoms. The van der Waals surface area contributed by atoms with Gasteiger partial charge >= 0.3 is 0 Å². The predicted molar refractivity (Wildman–Crippen MR) is 120 cm³/mol. The van der Waals surface area contributed by atoms with E-state index >= 15 is 0 Å². The maximum atomic E-state index is 9.40. The summed E-state index contributed by atoms with van der Waals surface area (Å²) >= 11 is 6.13. The number of aliphatic hydroxyl groups excluding tert-OH is 1. The molecule has 2 atom stereocenters. The molecule has 1 aliphatic rings. The number of aliphatic hydroxyl groups is 1. The molecular formula is C25H27ClN2O. The summed E-state index contributed by atoms with van der Waals surface area (Å²) in [5.74, 6) is 0.167. The lowest BCUT2D eigenvalue weighted by molar-refractivity contribution is 0.127. The molecule has 0 aliphatic carbocycles. The van der Waals surface area contributed by atoms with E-state index in [4.69, 9.17) is 11.6 Å². The molecule has 0 saturated carbocycles. The van der Waals surface area contributed by atoms with Crippen LogP contribution in [0.1, 0.15) is 34.2 Å². The highest BCUT2D eigenvalue weighted by molar-refractivity contribution is 6.30. The largest absolute Gasteiger partial charge is 0.395 e. The standard InChI is InChI=1S/C25H27ClN2O/c26-23-12-10-22(11-13-23)25(20-4-2-1-3-5-20)21-8-6-19(7-9-21)24-18-27-14-15-28(24)16-17-29/h1-13,24-25,27,29H,14-18H2. The second kappa shape index (κ2) is 9.55. The van der Waals surface area contributed by atoms with Gasteiger partial charge in [0.2, 0.25) is 0 Å². The second-order valence-electron chi connectivity index (χ2n) is 7.54. The summed E-state index contributed by atoms with van der Waals surface area (Å²) in [6.45, 7) is 3.76. The van der Waals surface area contributed by atoms with Gasteiger partial charge in [-0.1, -0.05) is 78.3 Å². The van der Waals surface area contributed by atoms with Crippen molar-refractivity contribution in [1.29, 1.82) is 0 Å². The molecule has 0 spiro atoms. The molecule has 4 rings (SSSR count). The molecular weight excluding hydrogens is 380 g/mol. The number of nitrogens with zero attached hydrogens (tertiary/aromatic N) is 1. The fourth-order valence-electron chi connectivity index (χ4n) is 4.26. The van der Waals surface area contributed by atoms with Crippen molar-refractivity contribution >= 4 is 11.6 Å². The highest BCUT2D eigenvalue weighted by Gasteiger charge is 2.24. The van der Waals surface area contributed by atoms with E-state index in [0.717, 1.165) is 24.7 Å². The minimum absolute atomic E-state index is 0.167. The van der Waals surface area contributed by atoms with Gasteiger partial charge in [0, 0.05) is 43.2 Å². The number of β-amino-alcohol motifs (C(OH)–C–C–N with tert-alkyl or cyclic N) is 1. The number of halogens is 1. The number of piperazine rings is 1. The molecule has 3 aromatic carbocycles. The molecule has 150 valence electrons. The summed E-state index contributed by atoms with van der Waals surface area (Å²) in [4.78, 5) is 2.36. The smallest absolute Gasteiger partial charge is 0.0558 e. The number of rotatable bonds is 6. The molecule has 0 amide bonds. The fraction of sp³-hybridized carbons (Fsp3) is 0.280. The molecule has 0 radical (unpaired) electrons. The van der Waals surface area contributed by atoms with E-state index in [2.05, 4.69) is 76.9 Å². The first-order valence-corrected chi connectivity index (χ1v) is 10.6. The second-order valence-corrected chi connectivity index (χ2v) is 7.98. The van der Waals surface area contributed by atoms with Gasteiger partial charge in [-0.15, -0.1) is 0 Å². The van der Waals surface area contributed by atoms with Crippen molar-refractivity contribution in [2.75, 3.05) is 32.8 Å². The Hall–Kier alpha value is -2.17. The minimum atomic E-state index is 0.167. The highest BCUT2D eigenvalue weighted by atomic mass is 35.5. The number of hydrogen-bond donors (Lipinski definition) is 2. The predicted octanol–water partition coefficient (Wildman–Crippen LogP) is 4.46. The third kappa shape index (κ3) is 4.71. The van der Waals surface area contributed by atoms with Gasteiger partial charge in [0.15, 0.2) is 0 Å². The van der Waals surface area contributed by atoms with Crippen LogP contribution >= 0.6 is 11.6 Å². The Morgan fingerprint density at radius 1 is 0.897 bits per heavy atom. The van der Waals surface area contributed by atoms with Gasteiger partial charge in [0.25, 0.3) is 0 Å². The molecule has 0 aromatic heterocycles. The van der Waals surface area contributed by atoms with Crippen LogP contribution in [-0.2, 0) is 0 Å². The van der Waals surface area contributed by atoms with Crippen LogP contribution in [0.2, 0.25) is 5.02 Å². The van der Waals surface area contributed by atoms with Gasteiger partial charge in [-0.25, -0.2) is 0 Å². The SMILES string of the molecule is OCCN1CCNCC1c1ccc(C(c2ccccc2)c2ccc(Cl)cc2)cc1. The van der Waals surface area contributed by atoms with Gasteiger partial charge < -0.3 is 10.4 Å². The summed E-state index contributed by atoms with van der Waals surface area (Å²) in [5.41, 5.74) is 5.05. The Bertz CT molecular complexity index is 894. The summed E-state index contributed by atoms with van der Waals surface area (Å²) in [6, 6.07) is 28.0. The summed E-state index contributed by atoms with van der Waals surface area (Å²) in [6.07, 6.45) is 0. The Morgan fingerprint density at radius 2 is 1.52 bits per heavy atom. The average Bonchev–Trinajstić information content (AvgIpc) is 2.77. The van der Waals surface area contributed by atoms with Gasteiger partial charge in [-0.3, -0.25) is 4.90 Å². The maximum Gasteiger partial charge on any atom is 0.0558 e. The van der Waals surface area contributed by atoms with Gasteiger partial charge in [0.05, 0.1) is 6.61 Å². The van der Waals surface area contributed by atoms with Crippen molar-refractivity contribution < 1.29 is 5.11 Å². The van der Waals surface area contributed by atoms with E-state index < -0.39 is 0 Å². The lowest BCUT2D eigenvalue weighted by Gasteiger charge is -2.36. The van der Waals surface area contributed by atoms with Crippen LogP contribution in [0.3, 0.4) is 0 Å². The van der Waals surface area contributed by atoms with Gasteiger partial charge in [0.1, 0.15) is 0 Å². The van der Waals surface area contributed by atoms with E-state index in [1.54, 1.807) is 0 Å². The van der Waals surface area contributed by atoms with Crippen LogP contribution in [0.25, 0.3) is 0 Å². The van der Waals surface area contributed by atoms with Crippen LogP contribution in [0, 0.1) is 0 Å². The zero-order valence-corrected chi connectivity index (χ0v) is 17.2. The Labute approximate surface area is 178 Å². The molecule has 3 nitrogen and oxygen atoms in total. The van der Waals surface area contributed by atoms with Crippen LogP contribution in [0.5, 0.6) is 0 Å². The van der Waals surface area contributed by atoms with Crippen molar-refractivity contribution in [2.24, 2.45) is 0 Å². The van der Waals surface area contributed by atoms with Crippen molar-refractivity contribution in [3.8, 4) is 0 Å². The first-order chi connectivity index (χ1) is 14.3. The number of nitrogens with one attached hydrogen (secondary N) is 1. The Kier molecular flexibility index (Phi) is 6.63. The zero-order valence-electron chi connectivity index (χ0n) is 16.5. The van der Waals surface area contributed by atoms with E-state index in [-0.39, 0.29) is 12.5 Å². The molecule has 1 heterocycles. The Balaban J connectivity index is 1.66. The molecule has 1 aliphatic heterocycles. The Morgan fingerprint density at radius 3 is 2.17 bits per heavy atom. The number of hydrogen-bond acceptors (Lipinski definition) is 3. The van der Waals surface area contributed by atoms with E-state index in [9.17, 15) is 5.11 Å². The van der Waals surface area contributed by atoms with Crippen LogP contribution in [0.15, 0.2) is 78.9 Å². The molecule has 3 aromatic rings. The van der Waals surface area contributed by atoms with Crippen molar-refractivity contribution in [1.82, 2.24) is 10.2 Å². The van der Waals surface area contributed by atoms with Crippen LogP contribution < -0.4 is 5.32 Å². The first kappa shape index (κ1) is 20.1. The summed E-state index contributed by atoms with van der Waals surface area (Å²) in [5, 5.41) is 13.6. The topological polar surface area (TPSA) is 35.5 Å². The van der Waals surface area contributed by atoms with Gasteiger partial charge in [-0.05, 0) is 34.4 Å². The van der Waals surface area contributed by atoms with E-state index in [1.807, 2.05) is 12.1 Å². The molecule has 2 unspecified atom stereocenters. The fourth-order valence-corrected chi connectivity index (χ4v) is 4.39. The first-order valence-electron chi connectivity index (χ1n) is 10.2. The summed E-state index contributed by atoms with van der Waals surface area (Å²) in [7, 11) is 0. The lowest BCUT2D eigenvalue weighted by atomic mass is 9.84. The molecule has 4 heteroatoms. The summed E-state index contributed by atoms with van der Waals surface area (Å²) < 4.78 is 0.